The van der Waals surface area contributed by atoms with Crippen molar-refractivity contribution in [2.45, 2.75) is 6.54 Å². The molecule has 5 rings (SSSR count). The van der Waals surface area contributed by atoms with Crippen LogP contribution in [0.2, 0.25) is 0 Å². The second kappa shape index (κ2) is 10.7. The predicted octanol–water partition coefficient (Wildman–Crippen LogP) is 5.69. The predicted molar refractivity (Wildman–Crippen MR) is 160 cm³/mol. The van der Waals surface area contributed by atoms with Crippen LogP contribution >= 0.6 is 11.3 Å². The van der Waals surface area contributed by atoms with E-state index in [1.807, 2.05) is 60.0 Å². The van der Waals surface area contributed by atoms with E-state index in [9.17, 15) is 13.2 Å². The number of benzene rings is 3. The van der Waals surface area contributed by atoms with Crippen LogP contribution < -0.4 is 26.8 Å². The Kier molecular flexibility index (Phi) is 7.20. The number of nitrogens with zero attached hydrogens (tertiary/aromatic N) is 1. The molecule has 0 atom stereocenters. The molecule has 0 bridgehead atoms. The number of carbonyl (C=O) groups is 1. The largest absolute Gasteiger partial charge is 0.383 e. The van der Waals surface area contributed by atoms with Crippen LogP contribution in [0.1, 0.15) is 5.56 Å². The standard InChI is InChI=1S/C28H26N6O3S2/c1-39(36,37)34-21-11-7-18(8-12-21)23-15-31-27(30)25-24(16-38-26(23)25)19-5-9-20(10-6-19)32-28(35)33-22-4-2-3-17(13-22)14-29/h2-13,15-16,34H,14,29H2,1H3,(H2,30,31)(H2,32,33,35). The highest BCUT2D eigenvalue weighted by atomic mass is 32.2. The van der Waals surface area contributed by atoms with Gasteiger partial charge in [0.25, 0.3) is 0 Å². The molecule has 0 fully saturated rings. The van der Waals surface area contributed by atoms with Crippen LogP contribution in [-0.2, 0) is 16.6 Å². The fraction of sp³-hybridized carbons (Fsp3) is 0.0714. The van der Waals surface area contributed by atoms with E-state index in [0.29, 0.717) is 29.4 Å². The molecule has 0 aliphatic carbocycles. The molecule has 11 heteroatoms. The minimum absolute atomic E-state index is 0.353. The lowest BCUT2D eigenvalue weighted by Gasteiger charge is -2.10. The van der Waals surface area contributed by atoms with E-state index in [1.54, 1.807) is 35.7 Å². The third-order valence-corrected chi connectivity index (χ3v) is 7.62. The molecule has 0 radical (unpaired) electrons. The highest BCUT2D eigenvalue weighted by molar-refractivity contribution is 7.92. The molecule has 0 unspecified atom stereocenters. The van der Waals surface area contributed by atoms with Crippen molar-refractivity contribution in [1.29, 1.82) is 0 Å². The van der Waals surface area contributed by atoms with Gasteiger partial charge in [-0.3, -0.25) is 4.72 Å². The van der Waals surface area contributed by atoms with Gasteiger partial charge in [-0.2, -0.15) is 0 Å². The molecule has 0 aliphatic rings. The quantitative estimate of drug-likeness (QED) is 0.173. The van der Waals surface area contributed by atoms with Crippen molar-refractivity contribution in [3.05, 3.63) is 89.9 Å². The van der Waals surface area contributed by atoms with Gasteiger partial charge in [0.1, 0.15) is 5.82 Å². The van der Waals surface area contributed by atoms with Gasteiger partial charge in [-0.25, -0.2) is 18.2 Å². The number of carbonyl (C=O) groups excluding carboxylic acids is 1. The Hall–Kier alpha value is -4.45. The first-order valence-electron chi connectivity index (χ1n) is 11.9. The van der Waals surface area contributed by atoms with E-state index in [4.69, 9.17) is 11.5 Å². The zero-order valence-corrected chi connectivity index (χ0v) is 22.6. The first-order chi connectivity index (χ1) is 18.7. The average Bonchev–Trinajstić information content (AvgIpc) is 3.35. The van der Waals surface area contributed by atoms with E-state index in [1.165, 1.54) is 0 Å². The molecule has 198 valence electrons. The summed E-state index contributed by atoms with van der Waals surface area (Å²) in [6.45, 7) is 0.395. The minimum atomic E-state index is -3.36. The SMILES string of the molecule is CS(=O)(=O)Nc1ccc(-c2cnc(N)c3c(-c4ccc(NC(=O)Nc5cccc(CN)c5)cc4)csc23)cc1. The van der Waals surface area contributed by atoms with Gasteiger partial charge >= 0.3 is 6.03 Å². The molecular weight excluding hydrogens is 532 g/mol. The molecular formula is C28H26N6O3S2. The van der Waals surface area contributed by atoms with Crippen molar-refractivity contribution in [2.75, 3.05) is 27.3 Å². The van der Waals surface area contributed by atoms with E-state index in [2.05, 4.69) is 20.3 Å². The van der Waals surface area contributed by atoms with Crippen LogP contribution in [0.15, 0.2) is 84.4 Å². The van der Waals surface area contributed by atoms with Crippen LogP contribution in [0.25, 0.3) is 32.3 Å². The lowest BCUT2D eigenvalue weighted by molar-refractivity contribution is 0.262. The number of aromatic nitrogens is 1. The Balaban J connectivity index is 1.37. The number of amides is 2. The van der Waals surface area contributed by atoms with Crippen molar-refractivity contribution in [3.63, 3.8) is 0 Å². The number of hydrogen-bond donors (Lipinski definition) is 5. The number of rotatable bonds is 7. The molecule has 2 heterocycles. The Labute approximate surface area is 229 Å². The molecule has 2 aromatic heterocycles. The third kappa shape index (κ3) is 6.01. The van der Waals surface area contributed by atoms with Gasteiger partial charge in [-0.1, -0.05) is 36.4 Å². The Morgan fingerprint density at radius 1 is 0.897 bits per heavy atom. The number of sulfonamides is 1. The first kappa shape index (κ1) is 26.2. The Morgan fingerprint density at radius 2 is 1.54 bits per heavy atom. The maximum atomic E-state index is 12.5. The van der Waals surface area contributed by atoms with Crippen molar-refractivity contribution in [1.82, 2.24) is 4.98 Å². The smallest absolute Gasteiger partial charge is 0.323 e. The highest BCUT2D eigenvalue weighted by Crippen LogP contribution is 2.42. The summed E-state index contributed by atoms with van der Waals surface area (Å²) in [4.78, 5) is 16.9. The highest BCUT2D eigenvalue weighted by Gasteiger charge is 2.16. The third-order valence-electron chi connectivity index (χ3n) is 6.00. The molecule has 0 spiro atoms. The topological polar surface area (TPSA) is 152 Å². The number of fused-ring (bicyclic) bond motifs is 1. The van der Waals surface area contributed by atoms with Crippen LogP contribution in [0.5, 0.6) is 0 Å². The minimum Gasteiger partial charge on any atom is -0.383 e. The lowest BCUT2D eigenvalue weighted by atomic mass is 10.0. The number of nitrogens with two attached hydrogens (primary N) is 2. The molecule has 2 amide bonds. The number of thiophene rings is 1. The summed E-state index contributed by atoms with van der Waals surface area (Å²) in [5, 5.41) is 8.53. The van der Waals surface area contributed by atoms with E-state index < -0.39 is 10.0 Å². The summed E-state index contributed by atoms with van der Waals surface area (Å²) in [6, 6.07) is 21.6. The fourth-order valence-electron chi connectivity index (χ4n) is 4.22. The average molecular weight is 559 g/mol. The van der Waals surface area contributed by atoms with Gasteiger partial charge in [-0.15, -0.1) is 11.3 Å². The molecule has 5 aromatic rings. The lowest BCUT2D eigenvalue weighted by Crippen LogP contribution is -2.19. The van der Waals surface area contributed by atoms with Gasteiger partial charge < -0.3 is 22.1 Å². The summed E-state index contributed by atoms with van der Waals surface area (Å²) in [5.74, 6) is 0.418. The van der Waals surface area contributed by atoms with Gasteiger partial charge in [-0.05, 0) is 58.5 Å². The summed E-state index contributed by atoms with van der Waals surface area (Å²) >= 11 is 1.56. The number of nitrogen functional groups attached to an aromatic ring is 1. The Morgan fingerprint density at radius 3 is 2.21 bits per heavy atom. The number of urea groups is 1. The van der Waals surface area contributed by atoms with Gasteiger partial charge in [0.2, 0.25) is 10.0 Å². The van der Waals surface area contributed by atoms with Crippen molar-refractivity contribution in [2.24, 2.45) is 5.73 Å². The van der Waals surface area contributed by atoms with Crippen LogP contribution in [0, 0.1) is 0 Å². The number of anilines is 4. The zero-order chi connectivity index (χ0) is 27.6. The van der Waals surface area contributed by atoms with Crippen molar-refractivity contribution in [3.8, 4) is 22.3 Å². The van der Waals surface area contributed by atoms with Crippen LogP contribution in [0.4, 0.5) is 27.7 Å². The van der Waals surface area contributed by atoms with Crippen molar-refractivity contribution >= 4 is 60.4 Å². The molecule has 3 aromatic carbocycles. The van der Waals surface area contributed by atoms with E-state index >= 15 is 0 Å². The van der Waals surface area contributed by atoms with Gasteiger partial charge in [0.05, 0.1) is 6.26 Å². The second-order valence-corrected chi connectivity index (χ2v) is 11.6. The second-order valence-electron chi connectivity index (χ2n) is 8.92. The van der Waals surface area contributed by atoms with Crippen LogP contribution in [0.3, 0.4) is 0 Å². The number of hydrogen-bond acceptors (Lipinski definition) is 7. The number of pyridine rings is 1. The molecule has 39 heavy (non-hydrogen) atoms. The monoisotopic (exact) mass is 558 g/mol. The molecule has 7 N–H and O–H groups in total. The Bertz CT molecular complexity index is 1770. The maximum absolute atomic E-state index is 12.5. The fourth-order valence-corrected chi connectivity index (χ4v) is 5.90. The van der Waals surface area contributed by atoms with Crippen LogP contribution in [-0.4, -0.2) is 25.7 Å². The van der Waals surface area contributed by atoms with Crippen molar-refractivity contribution < 1.29 is 13.2 Å². The van der Waals surface area contributed by atoms with E-state index in [0.717, 1.165) is 44.2 Å². The molecule has 9 nitrogen and oxygen atoms in total. The zero-order valence-electron chi connectivity index (χ0n) is 20.9. The summed E-state index contributed by atoms with van der Waals surface area (Å²) in [5.41, 5.74) is 18.4. The number of nitrogens with one attached hydrogen (secondary N) is 3. The summed E-state index contributed by atoms with van der Waals surface area (Å²) in [7, 11) is -3.36. The summed E-state index contributed by atoms with van der Waals surface area (Å²) in [6.07, 6.45) is 2.84. The maximum Gasteiger partial charge on any atom is 0.323 e. The first-order valence-corrected chi connectivity index (χ1v) is 14.7. The molecule has 0 aliphatic heterocycles. The normalized spacial score (nSPS) is 11.3. The molecule has 0 saturated carbocycles. The van der Waals surface area contributed by atoms with Gasteiger partial charge in [0.15, 0.2) is 0 Å². The van der Waals surface area contributed by atoms with E-state index in [-0.39, 0.29) is 6.03 Å². The molecule has 0 saturated heterocycles. The summed E-state index contributed by atoms with van der Waals surface area (Å²) < 4.78 is 26.5. The van der Waals surface area contributed by atoms with Gasteiger partial charge in [0, 0.05) is 51.0 Å².